The zero-order chi connectivity index (χ0) is 24.3. The Morgan fingerprint density at radius 2 is 1.25 bits per heavy atom. The maximum Gasteiger partial charge on any atom is 0.287 e. The van der Waals surface area contributed by atoms with E-state index < -0.39 is 53.1 Å². The normalized spacial score (nSPS) is 13.2. The molecule has 4 nitrogen and oxygen atoms in total. The first-order valence-electron chi connectivity index (χ1n) is 11.0. The SMILES string of the molecule is CCCCCCCCC(COCc1c(F)c(F)c(F)c(F)c1F)C(OC)(OC)OC(C)C. The fourth-order valence-electron chi connectivity index (χ4n) is 3.55. The Balaban J connectivity index is 2.94. The summed E-state index contributed by atoms with van der Waals surface area (Å²) in [5.41, 5.74) is -1.02. The molecule has 0 aliphatic heterocycles. The molecule has 0 radical (unpaired) electrons. The van der Waals surface area contributed by atoms with Gasteiger partial charge in [-0.2, -0.15) is 0 Å². The van der Waals surface area contributed by atoms with Gasteiger partial charge in [-0.05, 0) is 20.3 Å². The van der Waals surface area contributed by atoms with Gasteiger partial charge in [0, 0.05) is 14.2 Å². The summed E-state index contributed by atoms with van der Waals surface area (Å²) < 4.78 is 90.3. The molecule has 1 aromatic carbocycles. The van der Waals surface area contributed by atoms with Crippen molar-refractivity contribution in [2.24, 2.45) is 5.92 Å². The molecule has 1 rings (SSSR count). The Morgan fingerprint density at radius 3 is 1.75 bits per heavy atom. The van der Waals surface area contributed by atoms with Gasteiger partial charge in [-0.25, -0.2) is 22.0 Å². The molecule has 0 spiro atoms. The van der Waals surface area contributed by atoms with Gasteiger partial charge in [-0.15, -0.1) is 0 Å². The first-order valence-corrected chi connectivity index (χ1v) is 11.0. The summed E-state index contributed by atoms with van der Waals surface area (Å²) in [6, 6.07) is 0. The predicted molar refractivity (Wildman–Crippen MR) is 110 cm³/mol. The summed E-state index contributed by atoms with van der Waals surface area (Å²) >= 11 is 0. The number of rotatable bonds is 16. The third kappa shape index (κ3) is 7.64. The van der Waals surface area contributed by atoms with E-state index in [1.807, 2.05) is 0 Å². The summed E-state index contributed by atoms with van der Waals surface area (Å²) in [5, 5.41) is 0. The van der Waals surface area contributed by atoms with Crippen molar-refractivity contribution in [1.82, 2.24) is 0 Å². The zero-order valence-electron chi connectivity index (χ0n) is 19.5. The van der Waals surface area contributed by atoms with Gasteiger partial charge in [0.2, 0.25) is 5.82 Å². The number of methoxy groups -OCH3 is 2. The third-order valence-corrected chi connectivity index (χ3v) is 5.24. The van der Waals surface area contributed by atoms with E-state index in [1.165, 1.54) is 14.2 Å². The van der Waals surface area contributed by atoms with Crippen LogP contribution in [0.3, 0.4) is 0 Å². The highest BCUT2D eigenvalue weighted by Gasteiger charge is 2.42. The second-order valence-electron chi connectivity index (χ2n) is 8.00. The first kappa shape index (κ1) is 28.7. The van der Waals surface area contributed by atoms with Crippen molar-refractivity contribution in [3.8, 4) is 0 Å². The van der Waals surface area contributed by atoms with Crippen LogP contribution in [0.1, 0.15) is 71.3 Å². The summed E-state index contributed by atoms with van der Waals surface area (Å²) in [5.74, 6) is -12.0. The summed E-state index contributed by atoms with van der Waals surface area (Å²) in [6.07, 6.45) is 6.52. The van der Waals surface area contributed by atoms with E-state index in [-0.39, 0.29) is 12.7 Å². The van der Waals surface area contributed by atoms with Gasteiger partial charge < -0.3 is 18.9 Å². The number of benzene rings is 1. The second-order valence-corrected chi connectivity index (χ2v) is 8.00. The van der Waals surface area contributed by atoms with Gasteiger partial charge >= 0.3 is 0 Å². The minimum absolute atomic E-state index is 0.136. The molecule has 0 saturated heterocycles. The van der Waals surface area contributed by atoms with Crippen molar-refractivity contribution in [2.75, 3.05) is 20.8 Å². The number of halogens is 5. The highest BCUT2D eigenvalue weighted by atomic mass is 19.2. The molecule has 0 aliphatic carbocycles. The second kappa shape index (κ2) is 14.1. The summed E-state index contributed by atoms with van der Waals surface area (Å²) in [7, 11) is 2.81. The Bertz CT molecular complexity index is 666. The fraction of sp³-hybridized carbons (Fsp3) is 0.739. The van der Waals surface area contributed by atoms with E-state index in [1.54, 1.807) is 13.8 Å². The van der Waals surface area contributed by atoms with Crippen molar-refractivity contribution in [2.45, 2.75) is 84.4 Å². The molecule has 32 heavy (non-hydrogen) atoms. The molecular formula is C23H35F5O4. The molecule has 186 valence electrons. The molecule has 1 aromatic rings. The molecule has 0 heterocycles. The van der Waals surface area contributed by atoms with Gasteiger partial charge in [0.05, 0.1) is 30.8 Å². The standard InChI is InChI=1S/C23H35F5O4/c1-6-7-8-9-10-11-12-16(23(29-4,30-5)32-15(2)3)13-31-14-17-18(24)20(26)22(28)21(27)19(17)25/h15-16H,6-14H2,1-5H3. The molecule has 0 aromatic heterocycles. The highest BCUT2D eigenvalue weighted by Crippen LogP contribution is 2.32. The molecular weight excluding hydrogens is 435 g/mol. The van der Waals surface area contributed by atoms with Crippen LogP contribution in [0.15, 0.2) is 0 Å². The quantitative estimate of drug-likeness (QED) is 0.0893. The van der Waals surface area contributed by atoms with Crippen LogP contribution in [0.5, 0.6) is 0 Å². The van der Waals surface area contributed by atoms with Crippen LogP contribution < -0.4 is 0 Å². The maximum atomic E-state index is 13.9. The molecule has 0 N–H and O–H groups in total. The van der Waals surface area contributed by atoms with Crippen molar-refractivity contribution in [1.29, 1.82) is 0 Å². The minimum Gasteiger partial charge on any atom is -0.376 e. The molecule has 0 bridgehead atoms. The lowest BCUT2D eigenvalue weighted by atomic mass is 9.98. The van der Waals surface area contributed by atoms with Gasteiger partial charge in [0.25, 0.3) is 5.97 Å². The van der Waals surface area contributed by atoms with Gasteiger partial charge in [0.15, 0.2) is 23.3 Å². The Labute approximate surface area is 187 Å². The van der Waals surface area contributed by atoms with E-state index >= 15 is 0 Å². The van der Waals surface area contributed by atoms with Gasteiger partial charge in [-0.3, -0.25) is 0 Å². The fourth-order valence-corrected chi connectivity index (χ4v) is 3.55. The number of hydrogen-bond acceptors (Lipinski definition) is 4. The lowest BCUT2D eigenvalue weighted by Crippen LogP contribution is -2.48. The van der Waals surface area contributed by atoms with E-state index in [9.17, 15) is 22.0 Å². The third-order valence-electron chi connectivity index (χ3n) is 5.24. The number of hydrogen-bond donors (Lipinski definition) is 0. The number of ether oxygens (including phenoxy) is 4. The monoisotopic (exact) mass is 470 g/mol. The van der Waals surface area contributed by atoms with Crippen LogP contribution in [0.2, 0.25) is 0 Å². The number of unbranched alkanes of at least 4 members (excludes halogenated alkanes) is 5. The van der Waals surface area contributed by atoms with Gasteiger partial charge in [-0.1, -0.05) is 45.4 Å². The van der Waals surface area contributed by atoms with E-state index in [2.05, 4.69) is 6.92 Å². The van der Waals surface area contributed by atoms with Crippen molar-refractivity contribution < 1.29 is 40.9 Å². The molecule has 0 fully saturated rings. The average molecular weight is 471 g/mol. The Kier molecular flexibility index (Phi) is 12.6. The molecule has 9 heteroatoms. The zero-order valence-corrected chi connectivity index (χ0v) is 19.5. The maximum absolute atomic E-state index is 13.9. The predicted octanol–water partition coefficient (Wildman–Crippen LogP) is 6.64. The summed E-state index contributed by atoms with van der Waals surface area (Å²) in [6.45, 7) is 4.79. The van der Waals surface area contributed by atoms with Crippen molar-refractivity contribution in [3.63, 3.8) is 0 Å². The molecule has 0 amide bonds. The van der Waals surface area contributed by atoms with Crippen molar-refractivity contribution in [3.05, 3.63) is 34.6 Å². The Morgan fingerprint density at radius 1 is 0.750 bits per heavy atom. The van der Waals surface area contributed by atoms with Crippen LogP contribution in [-0.4, -0.2) is 32.9 Å². The van der Waals surface area contributed by atoms with Crippen LogP contribution >= 0.6 is 0 Å². The topological polar surface area (TPSA) is 36.9 Å². The highest BCUT2D eigenvalue weighted by molar-refractivity contribution is 5.23. The van der Waals surface area contributed by atoms with Gasteiger partial charge in [0.1, 0.15) is 0 Å². The minimum atomic E-state index is -2.20. The van der Waals surface area contributed by atoms with Crippen LogP contribution in [0.4, 0.5) is 22.0 Å². The lowest BCUT2D eigenvalue weighted by molar-refractivity contribution is -0.402. The van der Waals surface area contributed by atoms with Crippen molar-refractivity contribution >= 4 is 0 Å². The Hall–Kier alpha value is -1.29. The average Bonchev–Trinajstić information content (AvgIpc) is 2.77. The van der Waals surface area contributed by atoms with Crippen LogP contribution in [-0.2, 0) is 25.6 Å². The first-order chi connectivity index (χ1) is 15.1. The smallest absolute Gasteiger partial charge is 0.287 e. The van der Waals surface area contributed by atoms with E-state index in [0.29, 0.717) is 6.42 Å². The van der Waals surface area contributed by atoms with E-state index in [4.69, 9.17) is 18.9 Å². The largest absolute Gasteiger partial charge is 0.376 e. The van der Waals surface area contributed by atoms with E-state index in [0.717, 1.165) is 38.5 Å². The summed E-state index contributed by atoms with van der Waals surface area (Å²) in [4.78, 5) is 0. The lowest BCUT2D eigenvalue weighted by Gasteiger charge is -2.38. The van der Waals surface area contributed by atoms with Crippen LogP contribution in [0, 0.1) is 35.0 Å². The molecule has 0 aliphatic rings. The van der Waals surface area contributed by atoms with Crippen LogP contribution in [0.25, 0.3) is 0 Å². The molecule has 1 unspecified atom stereocenters. The molecule has 0 saturated carbocycles. The molecule has 1 atom stereocenters.